The lowest BCUT2D eigenvalue weighted by molar-refractivity contribution is -0.134. The topological polar surface area (TPSA) is 58.1 Å². The van der Waals surface area contributed by atoms with E-state index in [1.807, 2.05) is 54.9 Å². The lowest BCUT2D eigenvalue weighted by atomic mass is 9.95. The van der Waals surface area contributed by atoms with Crippen LogP contribution in [0.2, 0.25) is 0 Å². The first-order valence-electron chi connectivity index (χ1n) is 12.8. The molecule has 2 amide bonds. The predicted octanol–water partition coefficient (Wildman–Crippen LogP) is 6.79. The minimum absolute atomic E-state index is 0.00169. The highest BCUT2D eigenvalue weighted by atomic mass is 16.2. The Morgan fingerprint density at radius 3 is 2.13 bits per heavy atom. The Kier molecular flexibility index (Phi) is 4.88. The molecule has 4 aromatic carbocycles. The number of hydrogen-bond donors (Lipinski definition) is 1. The molecule has 1 unspecified atom stereocenters. The minimum atomic E-state index is -0.284. The van der Waals surface area contributed by atoms with Gasteiger partial charge in [0.05, 0.1) is 17.2 Å². The van der Waals surface area contributed by atoms with Crippen molar-refractivity contribution >= 4 is 55.5 Å². The summed E-state index contributed by atoms with van der Waals surface area (Å²) in [5, 5.41) is 4.26. The number of aromatic nitrogens is 2. The number of nitrogens with zero attached hydrogens (tertiary/aromatic N) is 2. The van der Waals surface area contributed by atoms with E-state index >= 15 is 0 Å². The van der Waals surface area contributed by atoms with E-state index < -0.39 is 0 Å². The number of carbonyl (C=O) groups excluding carboxylic acids is 2. The van der Waals surface area contributed by atoms with Crippen LogP contribution in [0.15, 0.2) is 103 Å². The average molecular weight is 496 g/mol. The number of aromatic amines is 1. The maximum absolute atomic E-state index is 13.7. The van der Waals surface area contributed by atoms with Crippen LogP contribution < -0.4 is 0 Å². The second kappa shape index (κ2) is 8.32. The fourth-order valence-electron chi connectivity index (χ4n) is 5.91. The van der Waals surface area contributed by atoms with Gasteiger partial charge in [0.1, 0.15) is 0 Å². The summed E-state index contributed by atoms with van der Waals surface area (Å²) < 4.78 is 2.22. The van der Waals surface area contributed by atoms with Gasteiger partial charge in [0, 0.05) is 52.4 Å². The number of H-pyrrole nitrogens is 1. The van der Waals surface area contributed by atoms with Crippen molar-refractivity contribution < 1.29 is 9.59 Å². The van der Waals surface area contributed by atoms with Crippen LogP contribution in [0.25, 0.3) is 43.7 Å². The Bertz CT molecular complexity index is 1950. The third kappa shape index (κ3) is 3.12. The predicted molar refractivity (Wildman–Crippen MR) is 153 cm³/mol. The monoisotopic (exact) mass is 495 g/mol. The zero-order valence-corrected chi connectivity index (χ0v) is 21.1. The smallest absolute Gasteiger partial charge is 0.261 e. The summed E-state index contributed by atoms with van der Waals surface area (Å²) in [6.07, 6.45) is 3.88. The van der Waals surface area contributed by atoms with E-state index in [1.165, 1.54) is 21.2 Å². The van der Waals surface area contributed by atoms with Gasteiger partial charge in [-0.05, 0) is 35.4 Å². The summed E-state index contributed by atoms with van der Waals surface area (Å²) in [6.45, 7) is 2.18. The highest BCUT2D eigenvalue weighted by Crippen LogP contribution is 2.42. The average Bonchev–Trinajstić information content (AvgIpc) is 3.61. The molecular formula is C33H25N3O2. The fraction of sp³-hybridized carbons (Fsp3) is 0.0909. The molecule has 3 heterocycles. The molecule has 184 valence electrons. The summed E-state index contributed by atoms with van der Waals surface area (Å²) in [7, 11) is 1.56. The standard InChI is InChI=1S/C33H25N3O2/c1-20(22-15-9-11-21-10-3-4-12-23(21)22)36-19-27(25-14-6-8-17-29(25)36)31-30(32(37)35(2)33(31)38)26-18-34-28-16-7-5-13-24(26)28/h3-20,34H,1-2H3. The van der Waals surface area contributed by atoms with E-state index in [0.717, 1.165) is 32.9 Å². The molecule has 6 aromatic rings. The first-order valence-corrected chi connectivity index (χ1v) is 12.8. The lowest BCUT2D eigenvalue weighted by Gasteiger charge is -2.18. The van der Waals surface area contributed by atoms with Gasteiger partial charge in [-0.3, -0.25) is 14.5 Å². The molecule has 1 aliphatic rings. The molecular weight excluding hydrogens is 470 g/mol. The summed E-state index contributed by atoms with van der Waals surface area (Å²) in [4.78, 5) is 31.7. The molecule has 1 N–H and O–H groups in total. The highest BCUT2D eigenvalue weighted by molar-refractivity contribution is 6.50. The van der Waals surface area contributed by atoms with Crippen LogP contribution in [0.1, 0.15) is 29.7 Å². The summed E-state index contributed by atoms with van der Waals surface area (Å²) in [5.74, 6) is -0.565. The molecule has 1 atom stereocenters. The van der Waals surface area contributed by atoms with Crippen LogP contribution >= 0.6 is 0 Å². The molecule has 5 nitrogen and oxygen atoms in total. The molecule has 0 saturated heterocycles. The largest absolute Gasteiger partial charge is 0.361 e. The van der Waals surface area contributed by atoms with E-state index in [1.54, 1.807) is 7.05 Å². The normalized spacial score (nSPS) is 14.9. The van der Waals surface area contributed by atoms with Crippen molar-refractivity contribution in [1.29, 1.82) is 0 Å². The number of rotatable bonds is 4. The van der Waals surface area contributed by atoms with Crippen molar-refractivity contribution in [2.75, 3.05) is 7.05 Å². The van der Waals surface area contributed by atoms with Crippen LogP contribution in [0, 0.1) is 0 Å². The third-order valence-electron chi connectivity index (χ3n) is 7.85. The van der Waals surface area contributed by atoms with E-state index in [-0.39, 0.29) is 17.9 Å². The van der Waals surface area contributed by atoms with Gasteiger partial charge < -0.3 is 9.55 Å². The SMILES string of the molecule is CC(c1cccc2ccccc12)n1cc(C2=C(c3c[nH]c4ccccc34)C(=O)N(C)C2=O)c2ccccc21. The van der Waals surface area contributed by atoms with E-state index in [9.17, 15) is 9.59 Å². The minimum Gasteiger partial charge on any atom is -0.361 e. The number of imide groups is 1. The summed E-state index contributed by atoms with van der Waals surface area (Å²) in [5.41, 5.74) is 5.55. The van der Waals surface area contributed by atoms with Crippen LogP contribution in [0.5, 0.6) is 0 Å². The van der Waals surface area contributed by atoms with Crippen molar-refractivity contribution in [1.82, 2.24) is 14.5 Å². The summed E-state index contributed by atoms with van der Waals surface area (Å²) in [6, 6.07) is 30.7. The summed E-state index contributed by atoms with van der Waals surface area (Å²) >= 11 is 0. The molecule has 0 saturated carbocycles. The van der Waals surface area contributed by atoms with Crippen molar-refractivity contribution in [3.05, 3.63) is 120 Å². The Labute approximate surface area is 219 Å². The number of carbonyl (C=O) groups is 2. The maximum Gasteiger partial charge on any atom is 0.261 e. The Morgan fingerprint density at radius 2 is 1.32 bits per heavy atom. The van der Waals surface area contributed by atoms with E-state index in [0.29, 0.717) is 11.1 Å². The zero-order chi connectivity index (χ0) is 26.0. The Hall–Kier alpha value is -4.90. The molecule has 1 aliphatic heterocycles. The molecule has 0 bridgehead atoms. The van der Waals surface area contributed by atoms with Crippen LogP contribution in [-0.4, -0.2) is 33.3 Å². The molecule has 7 rings (SSSR count). The number of amides is 2. The fourth-order valence-corrected chi connectivity index (χ4v) is 5.91. The second-order valence-corrected chi connectivity index (χ2v) is 9.88. The number of hydrogen-bond acceptors (Lipinski definition) is 2. The first kappa shape index (κ1) is 22.3. The van der Waals surface area contributed by atoms with Gasteiger partial charge >= 0.3 is 0 Å². The number of nitrogens with one attached hydrogen (secondary N) is 1. The van der Waals surface area contributed by atoms with Crippen molar-refractivity contribution in [3.63, 3.8) is 0 Å². The number of para-hydroxylation sites is 2. The number of likely N-dealkylation sites (N-methyl/N-ethyl adjacent to an activating group) is 1. The van der Waals surface area contributed by atoms with Crippen LogP contribution in [0.4, 0.5) is 0 Å². The lowest BCUT2D eigenvalue weighted by Crippen LogP contribution is -2.26. The molecule has 0 fully saturated rings. The molecule has 5 heteroatoms. The second-order valence-electron chi connectivity index (χ2n) is 9.88. The van der Waals surface area contributed by atoms with Gasteiger partial charge in [0.25, 0.3) is 11.8 Å². The molecule has 0 spiro atoms. The third-order valence-corrected chi connectivity index (χ3v) is 7.85. The van der Waals surface area contributed by atoms with Crippen molar-refractivity contribution in [2.45, 2.75) is 13.0 Å². The quantitative estimate of drug-likeness (QED) is 0.274. The highest BCUT2D eigenvalue weighted by Gasteiger charge is 2.39. The molecule has 0 radical (unpaired) electrons. The van der Waals surface area contributed by atoms with Crippen molar-refractivity contribution in [2.24, 2.45) is 0 Å². The van der Waals surface area contributed by atoms with Crippen molar-refractivity contribution in [3.8, 4) is 0 Å². The molecule has 0 aliphatic carbocycles. The molecule has 38 heavy (non-hydrogen) atoms. The van der Waals surface area contributed by atoms with Gasteiger partial charge in [-0.1, -0.05) is 78.9 Å². The van der Waals surface area contributed by atoms with E-state index in [2.05, 4.69) is 65.0 Å². The van der Waals surface area contributed by atoms with E-state index in [4.69, 9.17) is 0 Å². The Balaban J connectivity index is 1.49. The van der Waals surface area contributed by atoms with Gasteiger partial charge in [-0.15, -0.1) is 0 Å². The maximum atomic E-state index is 13.7. The van der Waals surface area contributed by atoms with Crippen LogP contribution in [-0.2, 0) is 9.59 Å². The van der Waals surface area contributed by atoms with Gasteiger partial charge in [-0.25, -0.2) is 0 Å². The van der Waals surface area contributed by atoms with Gasteiger partial charge in [0.15, 0.2) is 0 Å². The van der Waals surface area contributed by atoms with Crippen LogP contribution in [0.3, 0.4) is 0 Å². The first-order chi connectivity index (χ1) is 18.5. The van der Waals surface area contributed by atoms with Gasteiger partial charge in [0.2, 0.25) is 0 Å². The zero-order valence-electron chi connectivity index (χ0n) is 21.1. The Morgan fingerprint density at radius 1 is 0.684 bits per heavy atom. The number of benzene rings is 4. The number of fused-ring (bicyclic) bond motifs is 3. The van der Waals surface area contributed by atoms with Gasteiger partial charge in [-0.2, -0.15) is 0 Å². The molecule has 2 aromatic heterocycles.